The van der Waals surface area contributed by atoms with Gasteiger partial charge in [0.05, 0.1) is 12.6 Å². The van der Waals surface area contributed by atoms with Crippen LogP contribution in [0.3, 0.4) is 0 Å². The normalized spacial score (nSPS) is 22.1. The van der Waals surface area contributed by atoms with Crippen molar-refractivity contribution in [2.45, 2.75) is 12.5 Å². The van der Waals surface area contributed by atoms with E-state index in [-0.39, 0.29) is 6.04 Å². The first-order valence-corrected chi connectivity index (χ1v) is 6.03. The summed E-state index contributed by atoms with van der Waals surface area (Å²) >= 11 is 0. The first kappa shape index (κ1) is 10.9. The molecule has 92 valence electrons. The summed E-state index contributed by atoms with van der Waals surface area (Å²) in [5.74, 6) is 1.74. The molecule has 1 aromatic carbocycles. The summed E-state index contributed by atoms with van der Waals surface area (Å²) < 4.78 is 16.5. The molecule has 17 heavy (non-hydrogen) atoms. The number of rotatable bonds is 2. The molecule has 0 amide bonds. The minimum atomic E-state index is 0.263. The average Bonchev–Trinajstić information content (AvgIpc) is 2.37. The van der Waals surface area contributed by atoms with Gasteiger partial charge in [-0.05, 0) is 36.2 Å². The van der Waals surface area contributed by atoms with Crippen molar-refractivity contribution in [2.24, 2.45) is 0 Å². The third kappa shape index (κ3) is 1.98. The first-order valence-electron chi connectivity index (χ1n) is 6.03. The molecule has 0 aromatic heterocycles. The van der Waals surface area contributed by atoms with Crippen LogP contribution in [0.2, 0.25) is 0 Å². The molecule has 0 aliphatic carbocycles. The number of methoxy groups -OCH3 is 1. The molecule has 0 saturated carbocycles. The van der Waals surface area contributed by atoms with Gasteiger partial charge in [0.2, 0.25) is 0 Å². The molecule has 4 nitrogen and oxygen atoms in total. The van der Waals surface area contributed by atoms with Gasteiger partial charge in [-0.15, -0.1) is 0 Å². The Balaban J connectivity index is 1.98. The molecular weight excluding hydrogens is 218 g/mol. The predicted octanol–water partition coefficient (Wildman–Crippen LogP) is 1.29. The van der Waals surface area contributed by atoms with Gasteiger partial charge in [0.1, 0.15) is 13.2 Å². The molecular formula is C13H17NO3. The summed E-state index contributed by atoms with van der Waals surface area (Å²) in [6, 6.07) is 4.48. The Labute approximate surface area is 101 Å². The van der Waals surface area contributed by atoms with Gasteiger partial charge in [0, 0.05) is 7.11 Å². The largest absolute Gasteiger partial charge is 0.486 e. The smallest absolute Gasteiger partial charge is 0.161 e. The second-order valence-corrected chi connectivity index (χ2v) is 4.41. The Morgan fingerprint density at radius 3 is 2.82 bits per heavy atom. The molecule has 0 fully saturated rings. The molecule has 2 aliphatic rings. The van der Waals surface area contributed by atoms with Crippen LogP contribution in [0.1, 0.15) is 17.2 Å². The van der Waals surface area contributed by atoms with E-state index in [2.05, 4.69) is 17.4 Å². The average molecular weight is 235 g/mol. The van der Waals surface area contributed by atoms with Gasteiger partial charge in [0.15, 0.2) is 11.5 Å². The molecule has 1 aromatic rings. The summed E-state index contributed by atoms with van der Waals surface area (Å²) in [5, 5.41) is 3.46. The third-order valence-corrected chi connectivity index (χ3v) is 3.30. The lowest BCUT2D eigenvalue weighted by Crippen LogP contribution is -2.33. The Morgan fingerprint density at radius 1 is 1.29 bits per heavy atom. The van der Waals surface area contributed by atoms with E-state index >= 15 is 0 Å². The van der Waals surface area contributed by atoms with E-state index in [1.807, 2.05) is 0 Å². The van der Waals surface area contributed by atoms with Crippen molar-refractivity contribution in [3.8, 4) is 11.5 Å². The van der Waals surface area contributed by atoms with Gasteiger partial charge >= 0.3 is 0 Å². The zero-order valence-electron chi connectivity index (χ0n) is 9.99. The Kier molecular flexibility index (Phi) is 2.91. The molecule has 1 N–H and O–H groups in total. The summed E-state index contributed by atoms with van der Waals surface area (Å²) in [6.45, 7) is 2.95. The number of nitrogens with one attached hydrogen (secondary N) is 1. The highest BCUT2D eigenvalue weighted by Crippen LogP contribution is 2.36. The maximum absolute atomic E-state index is 5.62. The number of benzene rings is 1. The van der Waals surface area contributed by atoms with Crippen molar-refractivity contribution in [3.05, 3.63) is 23.3 Å². The van der Waals surface area contributed by atoms with Crippen molar-refractivity contribution in [3.63, 3.8) is 0 Å². The van der Waals surface area contributed by atoms with Crippen molar-refractivity contribution >= 4 is 0 Å². The van der Waals surface area contributed by atoms with Crippen LogP contribution < -0.4 is 14.8 Å². The molecule has 4 heteroatoms. The Bertz CT molecular complexity index is 419. The third-order valence-electron chi connectivity index (χ3n) is 3.30. The fraction of sp³-hybridized carbons (Fsp3) is 0.538. The van der Waals surface area contributed by atoms with Crippen molar-refractivity contribution in [1.29, 1.82) is 0 Å². The lowest BCUT2D eigenvalue weighted by atomic mass is 9.94. The zero-order valence-corrected chi connectivity index (χ0v) is 9.99. The van der Waals surface area contributed by atoms with Gasteiger partial charge in [0.25, 0.3) is 0 Å². The fourth-order valence-electron chi connectivity index (χ4n) is 2.49. The van der Waals surface area contributed by atoms with Crippen molar-refractivity contribution < 1.29 is 14.2 Å². The van der Waals surface area contributed by atoms with Gasteiger partial charge in [-0.1, -0.05) is 0 Å². The fourth-order valence-corrected chi connectivity index (χ4v) is 2.49. The summed E-state index contributed by atoms with van der Waals surface area (Å²) in [5.41, 5.74) is 2.62. The minimum Gasteiger partial charge on any atom is -0.486 e. The Morgan fingerprint density at radius 2 is 2.06 bits per heavy atom. The lowest BCUT2D eigenvalue weighted by molar-refractivity contribution is 0.160. The monoisotopic (exact) mass is 235 g/mol. The van der Waals surface area contributed by atoms with Crippen LogP contribution in [0.4, 0.5) is 0 Å². The predicted molar refractivity (Wildman–Crippen MR) is 63.8 cm³/mol. The molecule has 0 radical (unpaired) electrons. The van der Waals surface area contributed by atoms with E-state index in [0.29, 0.717) is 19.8 Å². The lowest BCUT2D eigenvalue weighted by Gasteiger charge is -2.29. The standard InChI is InChI=1S/C13H17NO3/c1-15-8-11-10-7-13-12(16-4-5-17-13)6-9(10)2-3-14-11/h6-7,11,14H,2-5,8H2,1H3. The van der Waals surface area contributed by atoms with Gasteiger partial charge < -0.3 is 19.5 Å². The van der Waals surface area contributed by atoms with E-state index in [1.54, 1.807) is 7.11 Å². The van der Waals surface area contributed by atoms with Crippen molar-refractivity contribution in [1.82, 2.24) is 5.32 Å². The summed E-state index contributed by atoms with van der Waals surface area (Å²) in [7, 11) is 1.73. The van der Waals surface area contributed by atoms with Gasteiger partial charge in [-0.25, -0.2) is 0 Å². The molecule has 2 aliphatic heterocycles. The summed E-state index contributed by atoms with van der Waals surface area (Å²) in [6.07, 6.45) is 1.03. The van der Waals surface area contributed by atoms with Crippen LogP contribution in [0.5, 0.6) is 11.5 Å². The van der Waals surface area contributed by atoms with E-state index < -0.39 is 0 Å². The van der Waals surface area contributed by atoms with Crippen LogP contribution in [0, 0.1) is 0 Å². The zero-order chi connectivity index (χ0) is 11.7. The van der Waals surface area contributed by atoms with E-state index in [0.717, 1.165) is 24.5 Å². The number of ether oxygens (including phenoxy) is 3. The summed E-state index contributed by atoms with van der Waals surface area (Å²) in [4.78, 5) is 0. The van der Waals surface area contributed by atoms with Crippen LogP contribution in [0.25, 0.3) is 0 Å². The van der Waals surface area contributed by atoms with Crippen LogP contribution >= 0.6 is 0 Å². The number of hydrogen-bond donors (Lipinski definition) is 1. The first-order chi connectivity index (χ1) is 8.38. The molecule has 3 rings (SSSR count). The highest BCUT2D eigenvalue weighted by atomic mass is 16.6. The minimum absolute atomic E-state index is 0.263. The number of hydrogen-bond acceptors (Lipinski definition) is 4. The molecule has 0 spiro atoms. The molecule has 0 saturated heterocycles. The van der Waals surface area contributed by atoms with Gasteiger partial charge in [-0.3, -0.25) is 0 Å². The van der Waals surface area contributed by atoms with E-state index in [1.165, 1.54) is 11.1 Å². The quantitative estimate of drug-likeness (QED) is 0.838. The van der Waals surface area contributed by atoms with Crippen LogP contribution in [0.15, 0.2) is 12.1 Å². The Hall–Kier alpha value is -1.26. The van der Waals surface area contributed by atoms with E-state index in [9.17, 15) is 0 Å². The molecule has 2 heterocycles. The number of fused-ring (bicyclic) bond motifs is 2. The second kappa shape index (κ2) is 4.55. The van der Waals surface area contributed by atoms with Crippen LogP contribution in [-0.2, 0) is 11.2 Å². The maximum atomic E-state index is 5.62. The van der Waals surface area contributed by atoms with Gasteiger partial charge in [-0.2, -0.15) is 0 Å². The van der Waals surface area contributed by atoms with E-state index in [4.69, 9.17) is 14.2 Å². The topological polar surface area (TPSA) is 39.7 Å². The maximum Gasteiger partial charge on any atom is 0.161 e. The highest BCUT2D eigenvalue weighted by Gasteiger charge is 2.23. The van der Waals surface area contributed by atoms with Crippen LogP contribution in [-0.4, -0.2) is 33.5 Å². The SMILES string of the molecule is COCC1NCCc2cc3c(cc21)OCCO3. The van der Waals surface area contributed by atoms with Crippen molar-refractivity contribution in [2.75, 3.05) is 33.5 Å². The highest BCUT2D eigenvalue weighted by molar-refractivity contribution is 5.50. The molecule has 1 atom stereocenters. The second-order valence-electron chi connectivity index (χ2n) is 4.41. The molecule has 0 bridgehead atoms. The molecule has 1 unspecified atom stereocenters.